The van der Waals surface area contributed by atoms with Gasteiger partial charge in [0.1, 0.15) is 0 Å². The van der Waals surface area contributed by atoms with E-state index < -0.39 is 0 Å². The molecule has 3 aromatic rings. The second-order valence-electron chi connectivity index (χ2n) is 7.34. The molecule has 0 spiro atoms. The Balaban J connectivity index is 1.66. The quantitative estimate of drug-likeness (QED) is 0.660. The summed E-state index contributed by atoms with van der Waals surface area (Å²) in [6.07, 6.45) is 2.12. The lowest BCUT2D eigenvalue weighted by atomic mass is 9.99. The Bertz CT molecular complexity index is 946. The van der Waals surface area contributed by atoms with Crippen LogP contribution in [0.4, 0.5) is 0 Å². The number of hydrogen-bond acceptors (Lipinski definition) is 2. The minimum atomic E-state index is 0.926. The van der Waals surface area contributed by atoms with Crippen molar-refractivity contribution in [1.82, 2.24) is 15.2 Å². The molecule has 0 aliphatic carbocycles. The first-order valence-electron chi connectivity index (χ1n) is 10.1. The second kappa shape index (κ2) is 7.61. The van der Waals surface area contributed by atoms with Crippen LogP contribution in [0.5, 0.6) is 0 Å². The van der Waals surface area contributed by atoms with Crippen LogP contribution in [0.1, 0.15) is 30.5 Å². The average molecular weight is 360 g/mol. The standard InChI is InChI=1S/C24H29N3/c1-4-27(5-2)16-14-18-9-11-19(12-10-18)24-21-13-15-25-17(3)20-7-6-8-22(26-24)23(20)21/h6-12,25-26H,3-5,13-16H2,1-2H3. The van der Waals surface area contributed by atoms with Gasteiger partial charge in [-0.1, -0.05) is 56.8 Å². The molecule has 4 rings (SSSR count). The lowest BCUT2D eigenvalue weighted by Gasteiger charge is -2.17. The van der Waals surface area contributed by atoms with Gasteiger partial charge in [-0.05, 0) is 48.7 Å². The molecular weight excluding hydrogens is 330 g/mol. The summed E-state index contributed by atoms with van der Waals surface area (Å²) >= 11 is 0. The topological polar surface area (TPSA) is 31.1 Å². The van der Waals surface area contributed by atoms with Gasteiger partial charge in [0.2, 0.25) is 0 Å². The van der Waals surface area contributed by atoms with Crippen LogP contribution in [-0.4, -0.2) is 36.1 Å². The molecule has 0 radical (unpaired) electrons. The molecule has 0 saturated heterocycles. The van der Waals surface area contributed by atoms with Crippen molar-refractivity contribution in [2.24, 2.45) is 0 Å². The molecule has 2 aromatic carbocycles. The molecule has 1 aliphatic heterocycles. The number of rotatable bonds is 6. The molecule has 0 amide bonds. The number of nitrogens with one attached hydrogen (secondary N) is 2. The number of likely N-dealkylation sites (N-methyl/N-ethyl adjacent to an activating group) is 1. The van der Waals surface area contributed by atoms with E-state index in [2.05, 4.69) is 78.1 Å². The van der Waals surface area contributed by atoms with Gasteiger partial charge < -0.3 is 15.2 Å². The second-order valence-corrected chi connectivity index (χ2v) is 7.34. The Kier molecular flexibility index (Phi) is 5.04. The van der Waals surface area contributed by atoms with Crippen molar-refractivity contribution >= 4 is 16.6 Å². The maximum Gasteiger partial charge on any atom is 0.0498 e. The van der Waals surface area contributed by atoms with Crippen LogP contribution >= 0.6 is 0 Å². The predicted molar refractivity (Wildman–Crippen MR) is 116 cm³/mol. The molecule has 0 bridgehead atoms. The molecule has 3 heteroatoms. The van der Waals surface area contributed by atoms with Crippen LogP contribution in [0.2, 0.25) is 0 Å². The van der Waals surface area contributed by atoms with Gasteiger partial charge in [0.05, 0.1) is 0 Å². The fourth-order valence-electron chi connectivity index (χ4n) is 4.16. The molecule has 1 aromatic heterocycles. The molecular formula is C24H29N3. The summed E-state index contributed by atoms with van der Waals surface area (Å²) in [4.78, 5) is 6.14. The smallest absolute Gasteiger partial charge is 0.0498 e. The zero-order valence-electron chi connectivity index (χ0n) is 16.4. The first-order chi connectivity index (χ1) is 13.2. The van der Waals surface area contributed by atoms with E-state index in [9.17, 15) is 0 Å². The van der Waals surface area contributed by atoms with E-state index >= 15 is 0 Å². The largest absolute Gasteiger partial charge is 0.385 e. The van der Waals surface area contributed by atoms with Crippen molar-refractivity contribution in [3.8, 4) is 11.3 Å². The van der Waals surface area contributed by atoms with Gasteiger partial charge in [0.15, 0.2) is 0 Å². The van der Waals surface area contributed by atoms with Crippen LogP contribution < -0.4 is 5.32 Å². The Labute approximate surface area is 162 Å². The van der Waals surface area contributed by atoms with E-state index in [1.54, 1.807) is 0 Å². The van der Waals surface area contributed by atoms with Gasteiger partial charge in [-0.15, -0.1) is 0 Å². The Hall–Kier alpha value is -2.52. The Morgan fingerprint density at radius 2 is 1.81 bits per heavy atom. The van der Waals surface area contributed by atoms with Crippen molar-refractivity contribution in [3.63, 3.8) is 0 Å². The molecule has 0 atom stereocenters. The molecule has 140 valence electrons. The first-order valence-corrected chi connectivity index (χ1v) is 10.1. The van der Waals surface area contributed by atoms with Crippen molar-refractivity contribution < 1.29 is 0 Å². The predicted octanol–water partition coefficient (Wildman–Crippen LogP) is 4.84. The highest BCUT2D eigenvalue weighted by molar-refractivity contribution is 5.99. The SMILES string of the molecule is C=C1NCCc2c(-c3ccc(CCN(CC)CC)cc3)[nH]c3cccc1c23. The highest BCUT2D eigenvalue weighted by Crippen LogP contribution is 2.36. The van der Waals surface area contributed by atoms with E-state index in [0.29, 0.717) is 0 Å². The molecule has 1 aliphatic rings. The third-order valence-electron chi connectivity index (χ3n) is 5.82. The lowest BCUT2D eigenvalue weighted by molar-refractivity contribution is 0.308. The van der Waals surface area contributed by atoms with E-state index in [4.69, 9.17) is 0 Å². The van der Waals surface area contributed by atoms with Gasteiger partial charge in [-0.2, -0.15) is 0 Å². The minimum absolute atomic E-state index is 0.926. The zero-order chi connectivity index (χ0) is 18.8. The summed E-state index contributed by atoms with van der Waals surface area (Å²) in [5.74, 6) is 0. The van der Waals surface area contributed by atoms with Crippen LogP contribution in [0.3, 0.4) is 0 Å². The zero-order valence-corrected chi connectivity index (χ0v) is 16.4. The summed E-state index contributed by atoms with van der Waals surface area (Å²) in [6, 6.07) is 15.6. The van der Waals surface area contributed by atoms with Crippen LogP contribution in [-0.2, 0) is 12.8 Å². The number of benzene rings is 2. The van der Waals surface area contributed by atoms with Gasteiger partial charge in [0, 0.05) is 40.9 Å². The van der Waals surface area contributed by atoms with Crippen molar-refractivity contribution in [2.75, 3.05) is 26.2 Å². The van der Waals surface area contributed by atoms with Crippen molar-refractivity contribution in [1.29, 1.82) is 0 Å². The van der Waals surface area contributed by atoms with E-state index in [1.165, 1.54) is 38.9 Å². The molecule has 3 nitrogen and oxygen atoms in total. The number of nitrogens with zero attached hydrogens (tertiary/aromatic N) is 1. The molecule has 27 heavy (non-hydrogen) atoms. The number of aromatic amines is 1. The first kappa shape index (κ1) is 17.9. The normalized spacial score (nSPS) is 13.8. The highest BCUT2D eigenvalue weighted by atomic mass is 15.1. The monoisotopic (exact) mass is 359 g/mol. The van der Waals surface area contributed by atoms with Gasteiger partial charge in [0.25, 0.3) is 0 Å². The van der Waals surface area contributed by atoms with E-state index in [0.717, 1.165) is 44.7 Å². The van der Waals surface area contributed by atoms with E-state index in [1.807, 2.05) is 0 Å². The van der Waals surface area contributed by atoms with Crippen LogP contribution in [0.25, 0.3) is 27.9 Å². The third-order valence-corrected chi connectivity index (χ3v) is 5.82. The summed E-state index contributed by atoms with van der Waals surface area (Å²) in [5, 5.41) is 4.78. The molecule has 2 heterocycles. The highest BCUT2D eigenvalue weighted by Gasteiger charge is 2.19. The summed E-state index contributed by atoms with van der Waals surface area (Å²) in [6.45, 7) is 13.0. The maximum atomic E-state index is 4.21. The Morgan fingerprint density at radius 3 is 2.56 bits per heavy atom. The minimum Gasteiger partial charge on any atom is -0.385 e. The average Bonchev–Trinajstić information content (AvgIpc) is 2.98. The van der Waals surface area contributed by atoms with Crippen molar-refractivity contribution in [3.05, 3.63) is 65.7 Å². The molecule has 0 unspecified atom stereocenters. The molecule has 0 fully saturated rings. The summed E-state index contributed by atoms with van der Waals surface area (Å²) in [7, 11) is 0. The Morgan fingerprint density at radius 1 is 1.04 bits per heavy atom. The molecule has 2 N–H and O–H groups in total. The third kappa shape index (κ3) is 3.40. The van der Waals surface area contributed by atoms with Gasteiger partial charge in [-0.25, -0.2) is 0 Å². The van der Waals surface area contributed by atoms with E-state index in [-0.39, 0.29) is 0 Å². The maximum absolute atomic E-state index is 4.21. The van der Waals surface area contributed by atoms with Crippen LogP contribution in [0.15, 0.2) is 49.0 Å². The summed E-state index contributed by atoms with van der Waals surface area (Å²) < 4.78 is 0. The van der Waals surface area contributed by atoms with Gasteiger partial charge >= 0.3 is 0 Å². The number of H-pyrrole nitrogens is 1. The number of aromatic nitrogens is 1. The lowest BCUT2D eigenvalue weighted by Crippen LogP contribution is -2.25. The van der Waals surface area contributed by atoms with Crippen molar-refractivity contribution in [2.45, 2.75) is 26.7 Å². The fraction of sp³-hybridized carbons (Fsp3) is 0.333. The summed E-state index contributed by atoms with van der Waals surface area (Å²) in [5.41, 5.74) is 8.78. The fourth-order valence-corrected chi connectivity index (χ4v) is 4.16. The number of hydrogen-bond donors (Lipinski definition) is 2. The molecule has 0 saturated carbocycles. The van der Waals surface area contributed by atoms with Crippen LogP contribution in [0, 0.1) is 0 Å². The van der Waals surface area contributed by atoms with Gasteiger partial charge in [-0.3, -0.25) is 0 Å².